The van der Waals surface area contributed by atoms with Crippen LogP contribution in [0.5, 0.6) is 0 Å². The van der Waals surface area contributed by atoms with E-state index in [0.717, 1.165) is 47.7 Å². The van der Waals surface area contributed by atoms with Crippen molar-refractivity contribution in [3.05, 3.63) is 0 Å². The summed E-state index contributed by atoms with van der Waals surface area (Å²) in [5.74, 6) is -9.19. The third-order valence-corrected chi connectivity index (χ3v) is 1.93. The lowest BCUT2D eigenvalue weighted by Gasteiger charge is -2.18. The van der Waals surface area contributed by atoms with Crippen molar-refractivity contribution in [2.75, 3.05) is 26.2 Å². The summed E-state index contributed by atoms with van der Waals surface area (Å²) in [5.41, 5.74) is 7.59. The van der Waals surface area contributed by atoms with Gasteiger partial charge in [-0.2, -0.15) is 0 Å². The van der Waals surface area contributed by atoms with Gasteiger partial charge in [0.1, 0.15) is 0 Å². The fraction of sp³-hybridized carbons (Fsp3) is 0.600. The Kier molecular flexibility index (Phi) is 47.9. The maximum Gasteiger partial charge on any atom is 0.336 e. The van der Waals surface area contributed by atoms with E-state index in [1.165, 1.54) is 0 Å². The number of rotatable bonds is 9. The molecule has 0 aromatic rings. The van der Waals surface area contributed by atoms with Gasteiger partial charge < -0.3 is 62.7 Å². The molecule has 0 spiro atoms. The summed E-state index contributed by atoms with van der Waals surface area (Å²) in [7, 11) is 0. The number of carboxylic acids is 8. The van der Waals surface area contributed by atoms with E-state index in [4.69, 9.17) is 81.4 Å². The van der Waals surface area contributed by atoms with Gasteiger partial charge in [0.25, 0.3) is 29.8 Å². The van der Waals surface area contributed by atoms with Crippen LogP contribution in [0, 0.1) is 0 Å². The monoisotopic (exact) mass is 595 g/mol. The molecule has 0 fully saturated rings. The quantitative estimate of drug-likeness (QED) is 0.125. The van der Waals surface area contributed by atoms with Gasteiger partial charge in [-0.25, -0.2) is 4.79 Å². The standard InChI is InChI=1S/C6H8O7.C4H13N3.5C2H4O2/c7-3(8)1-6(13,5(11)12)2-4(9)10;5-1-3-7-4-2-6;5*1-2(3)4/h13H,1-2H2,(H,7,8)(H,9,10)(H,11,12);7H,1-6H2;5*1H3,(H,3,4). The maximum absolute atomic E-state index is 10.3. The van der Waals surface area contributed by atoms with Gasteiger partial charge in [0, 0.05) is 60.8 Å². The summed E-state index contributed by atoms with van der Waals surface area (Å²) in [6.45, 7) is 8.55. The number of carbonyl (C=O) groups is 8. The Labute approximate surface area is 228 Å². The Morgan fingerprint density at radius 2 is 0.700 bits per heavy atom. The molecule has 0 saturated carbocycles. The molecule has 238 valence electrons. The molecule has 0 aliphatic heterocycles. The van der Waals surface area contributed by atoms with Crippen molar-refractivity contribution < 1.29 is 84.3 Å². The zero-order valence-corrected chi connectivity index (χ0v) is 22.7. The zero-order chi connectivity index (χ0) is 34.1. The van der Waals surface area contributed by atoms with E-state index in [0.29, 0.717) is 13.1 Å². The molecule has 0 unspecified atom stereocenters. The molecule has 0 amide bonds. The minimum Gasteiger partial charge on any atom is -0.481 e. The molecule has 0 aromatic carbocycles. The molecule has 0 rings (SSSR count). The molecule has 0 atom stereocenters. The van der Waals surface area contributed by atoms with Crippen LogP contribution in [0.1, 0.15) is 47.5 Å². The molecule has 40 heavy (non-hydrogen) atoms. The van der Waals surface area contributed by atoms with Gasteiger partial charge in [0.15, 0.2) is 5.60 Å². The Bertz CT molecular complexity index is 632. The van der Waals surface area contributed by atoms with Gasteiger partial charge in [-0.3, -0.25) is 33.6 Å². The number of aliphatic carboxylic acids is 8. The van der Waals surface area contributed by atoms with Crippen molar-refractivity contribution >= 4 is 47.8 Å². The maximum atomic E-state index is 10.3. The second-order valence-electron chi connectivity index (χ2n) is 6.40. The third kappa shape index (κ3) is 147. The first-order valence-electron chi connectivity index (χ1n) is 10.3. The van der Waals surface area contributed by atoms with Crippen molar-refractivity contribution in [2.24, 2.45) is 11.5 Å². The first-order valence-corrected chi connectivity index (χ1v) is 10.3. The predicted octanol–water partition coefficient (Wildman–Crippen LogP) is -2.30. The number of nitrogens with two attached hydrogens (primary N) is 2. The number of hydrogen-bond donors (Lipinski definition) is 12. The van der Waals surface area contributed by atoms with Crippen molar-refractivity contribution in [1.29, 1.82) is 0 Å². The highest BCUT2D eigenvalue weighted by molar-refractivity contribution is 5.88. The van der Waals surface area contributed by atoms with Gasteiger partial charge in [0.2, 0.25) is 0 Å². The Morgan fingerprint density at radius 1 is 0.525 bits per heavy atom. The third-order valence-electron chi connectivity index (χ3n) is 1.93. The number of aliphatic hydroxyl groups is 1. The first-order chi connectivity index (χ1) is 17.9. The largest absolute Gasteiger partial charge is 0.481 e. The summed E-state index contributed by atoms with van der Waals surface area (Å²) in [6, 6.07) is 0. The van der Waals surface area contributed by atoms with E-state index in [1.54, 1.807) is 0 Å². The molecule has 14 N–H and O–H groups in total. The zero-order valence-electron chi connectivity index (χ0n) is 22.7. The smallest absolute Gasteiger partial charge is 0.336 e. The van der Waals surface area contributed by atoms with Crippen LogP contribution in [-0.4, -0.2) is 125 Å². The molecule has 20 heteroatoms. The SMILES string of the molecule is CC(=O)O.CC(=O)O.CC(=O)O.CC(=O)O.CC(=O)O.NCCNCCN.O=C(O)CC(O)(CC(=O)O)C(=O)O. The van der Waals surface area contributed by atoms with Crippen molar-refractivity contribution in [3.8, 4) is 0 Å². The van der Waals surface area contributed by atoms with E-state index in [-0.39, 0.29) is 0 Å². The average Bonchev–Trinajstić information content (AvgIpc) is 2.65. The second kappa shape index (κ2) is 36.8. The summed E-state index contributed by atoms with van der Waals surface area (Å²) in [6.07, 6.45) is -2.29. The van der Waals surface area contributed by atoms with Crippen LogP contribution in [0.3, 0.4) is 0 Å². The summed E-state index contributed by atoms with van der Waals surface area (Å²) in [4.78, 5) is 75.5. The minimum atomic E-state index is -2.74. The first kappa shape index (κ1) is 52.1. The highest BCUT2D eigenvalue weighted by Gasteiger charge is 2.40. The van der Waals surface area contributed by atoms with Crippen LogP contribution in [0.15, 0.2) is 0 Å². The average molecular weight is 596 g/mol. The molecule has 0 radical (unpaired) electrons. The van der Waals surface area contributed by atoms with E-state index in [2.05, 4.69) is 5.32 Å². The topological polar surface area (TPSA) is 383 Å². The molecule has 0 aliphatic rings. The number of hydrogen-bond acceptors (Lipinski definition) is 12. The highest BCUT2D eigenvalue weighted by atomic mass is 16.4. The van der Waals surface area contributed by atoms with E-state index in [1.807, 2.05) is 0 Å². The normalized spacial score (nSPS) is 8.30. The lowest BCUT2D eigenvalue weighted by atomic mass is 9.96. The number of carboxylic acid groups (broad SMARTS) is 8. The molecule has 20 nitrogen and oxygen atoms in total. The van der Waals surface area contributed by atoms with Crippen LogP contribution >= 0.6 is 0 Å². The van der Waals surface area contributed by atoms with E-state index in [9.17, 15) is 14.4 Å². The van der Waals surface area contributed by atoms with Crippen molar-refractivity contribution in [2.45, 2.75) is 53.1 Å². The highest BCUT2D eigenvalue weighted by Crippen LogP contribution is 2.15. The van der Waals surface area contributed by atoms with Gasteiger partial charge >= 0.3 is 17.9 Å². The molecule has 0 saturated heterocycles. The van der Waals surface area contributed by atoms with Gasteiger partial charge in [-0.1, -0.05) is 0 Å². The van der Waals surface area contributed by atoms with Crippen LogP contribution in [0.4, 0.5) is 0 Å². The Balaban J connectivity index is -0.0000000688. The summed E-state index contributed by atoms with van der Waals surface area (Å²) in [5, 5.41) is 73.9. The second-order valence-corrected chi connectivity index (χ2v) is 6.40. The molecule has 0 heterocycles. The van der Waals surface area contributed by atoms with E-state index >= 15 is 0 Å². The van der Waals surface area contributed by atoms with Gasteiger partial charge in [0.05, 0.1) is 12.8 Å². The fourth-order valence-corrected chi connectivity index (χ4v) is 1.04. The fourth-order valence-electron chi connectivity index (χ4n) is 1.04. The predicted molar refractivity (Wildman–Crippen MR) is 135 cm³/mol. The summed E-state index contributed by atoms with van der Waals surface area (Å²) < 4.78 is 0. The van der Waals surface area contributed by atoms with E-state index < -0.39 is 66.2 Å². The van der Waals surface area contributed by atoms with Crippen LogP contribution in [0.2, 0.25) is 0 Å². The minimum absolute atomic E-state index is 0.694. The molecule has 0 aromatic heterocycles. The van der Waals surface area contributed by atoms with Gasteiger partial charge in [-0.05, 0) is 0 Å². The van der Waals surface area contributed by atoms with Crippen LogP contribution in [0.25, 0.3) is 0 Å². The van der Waals surface area contributed by atoms with Crippen molar-refractivity contribution in [3.63, 3.8) is 0 Å². The van der Waals surface area contributed by atoms with Gasteiger partial charge in [-0.15, -0.1) is 0 Å². The lowest BCUT2D eigenvalue weighted by molar-refractivity contribution is -0.170. The van der Waals surface area contributed by atoms with Crippen molar-refractivity contribution in [1.82, 2.24) is 5.32 Å². The molecule has 0 aliphatic carbocycles. The summed E-state index contributed by atoms with van der Waals surface area (Å²) >= 11 is 0. The number of nitrogens with one attached hydrogen (secondary N) is 1. The lowest BCUT2D eigenvalue weighted by Crippen LogP contribution is -2.42. The molecular weight excluding hydrogens is 554 g/mol. The Hall–Kier alpha value is -4.40. The van der Waals surface area contributed by atoms with Crippen LogP contribution in [-0.2, 0) is 38.4 Å². The molecular formula is C20H41N3O17. The molecule has 0 bridgehead atoms. The van der Waals surface area contributed by atoms with Crippen LogP contribution < -0.4 is 16.8 Å². The Morgan fingerprint density at radius 3 is 0.800 bits per heavy atom.